The molecule has 8 aliphatic heterocycles. The molecule has 12 atom stereocenters. The molecule has 8 heterocycles. The molecule has 0 aromatic heterocycles. The molecule has 8 saturated heterocycles. The first kappa shape index (κ1) is 34.4. The number of fused-ring (bicyclic) bond motifs is 8. The van der Waals surface area contributed by atoms with Crippen LogP contribution in [0.15, 0.2) is 30.3 Å². The molecule has 1 amide bonds. The maximum Gasteiger partial charge on any atom is 0.410 e. The Hall–Kier alpha value is -2.37. The minimum atomic E-state index is -0.503. The molecule has 11 heteroatoms. The predicted molar refractivity (Wildman–Crippen MR) is 207 cm³/mol. The minimum absolute atomic E-state index is 0.0728. The van der Waals surface area contributed by atoms with Crippen LogP contribution in [-0.4, -0.2) is 101 Å². The summed E-state index contributed by atoms with van der Waals surface area (Å²) in [6.45, 7) is 6.15. The highest BCUT2D eigenvalue weighted by atomic mass is 32.1. The van der Waals surface area contributed by atoms with Gasteiger partial charge in [0.1, 0.15) is 12.2 Å². The zero-order valence-electron chi connectivity index (χ0n) is 30.2. The van der Waals surface area contributed by atoms with E-state index in [0.717, 1.165) is 84.7 Å². The molecule has 51 heavy (non-hydrogen) atoms. The van der Waals surface area contributed by atoms with Crippen LogP contribution in [0.5, 0.6) is 0 Å². The molecular formula is C40H52N4O4S3. The second-order valence-electron chi connectivity index (χ2n) is 17.8. The normalized spacial score (nSPS) is 38.6. The van der Waals surface area contributed by atoms with Crippen LogP contribution in [0.1, 0.15) is 103 Å². The Morgan fingerprint density at radius 1 is 0.608 bits per heavy atom. The van der Waals surface area contributed by atoms with Crippen molar-refractivity contribution in [3.8, 4) is 0 Å². The summed E-state index contributed by atoms with van der Waals surface area (Å²) in [4.78, 5) is 39.5. The van der Waals surface area contributed by atoms with E-state index in [4.69, 9.17) is 46.1 Å². The number of rotatable bonds is 6. The molecule has 8 bridgehead atoms. The molecule has 1 aromatic rings. The summed E-state index contributed by atoms with van der Waals surface area (Å²) in [5.41, 5.74) is 0.520. The van der Waals surface area contributed by atoms with E-state index in [1.54, 1.807) is 0 Å². The number of hydrogen-bond acceptors (Lipinski definition) is 7. The highest BCUT2D eigenvalue weighted by Gasteiger charge is 2.59. The summed E-state index contributed by atoms with van der Waals surface area (Å²) in [7, 11) is 0. The SMILES string of the molecule is CC(C)(C)OC(=O)N1[C@@H]2CC[C@H]1[C@@H](C(=S)N1[C@@H]3CC[C@H]1[C@@H](C(=S)N1[C@@H]4CC[C@H]1[C@@H](C(=S)N1[C@@H]5CC[C@H]1[C@@H](C(=O)OCc1ccccc1)C5)C4)C3)C2. The maximum atomic E-state index is 13.3. The Bertz CT molecular complexity index is 1620. The molecule has 8 fully saturated rings. The van der Waals surface area contributed by atoms with Crippen molar-refractivity contribution in [3.63, 3.8) is 0 Å². The summed E-state index contributed by atoms with van der Waals surface area (Å²) in [5.74, 6) is 0.691. The molecular weight excluding hydrogens is 697 g/mol. The second kappa shape index (κ2) is 12.9. The van der Waals surface area contributed by atoms with E-state index >= 15 is 0 Å². The van der Waals surface area contributed by atoms with Gasteiger partial charge in [0.25, 0.3) is 0 Å². The number of nitrogens with zero attached hydrogens (tertiary/aromatic N) is 4. The lowest BCUT2D eigenvalue weighted by molar-refractivity contribution is -0.150. The van der Waals surface area contributed by atoms with Gasteiger partial charge < -0.3 is 29.1 Å². The molecule has 9 rings (SSSR count). The Labute approximate surface area is 318 Å². The Morgan fingerprint density at radius 2 is 1.00 bits per heavy atom. The average Bonchev–Trinajstić information content (AvgIpc) is 3.99. The number of amides is 1. The lowest BCUT2D eigenvalue weighted by Crippen LogP contribution is -2.48. The van der Waals surface area contributed by atoms with Crippen molar-refractivity contribution in [1.82, 2.24) is 19.6 Å². The number of benzene rings is 1. The largest absolute Gasteiger partial charge is 0.461 e. The Balaban J connectivity index is 0.846. The molecule has 0 radical (unpaired) electrons. The van der Waals surface area contributed by atoms with E-state index < -0.39 is 5.60 Å². The lowest BCUT2D eigenvalue weighted by atomic mass is 9.87. The highest BCUT2D eigenvalue weighted by molar-refractivity contribution is 7.80. The third kappa shape index (κ3) is 5.72. The maximum absolute atomic E-state index is 13.3. The number of thiocarbonyl (C=S) groups is 3. The van der Waals surface area contributed by atoms with Crippen molar-refractivity contribution in [2.24, 2.45) is 23.7 Å². The van der Waals surface area contributed by atoms with Gasteiger partial charge in [-0.2, -0.15) is 0 Å². The summed E-state index contributed by atoms with van der Waals surface area (Å²) in [6, 6.07) is 12.4. The molecule has 8 aliphatic rings. The van der Waals surface area contributed by atoms with Gasteiger partial charge in [0.05, 0.1) is 20.9 Å². The van der Waals surface area contributed by atoms with Crippen LogP contribution in [0.3, 0.4) is 0 Å². The van der Waals surface area contributed by atoms with E-state index in [1.807, 2.05) is 56.0 Å². The van der Waals surface area contributed by atoms with Crippen LogP contribution >= 0.6 is 36.7 Å². The topological polar surface area (TPSA) is 65.6 Å². The van der Waals surface area contributed by atoms with Crippen molar-refractivity contribution in [1.29, 1.82) is 0 Å². The Kier molecular flexibility index (Phi) is 8.70. The van der Waals surface area contributed by atoms with Crippen LogP contribution in [0.2, 0.25) is 0 Å². The van der Waals surface area contributed by atoms with E-state index in [0.29, 0.717) is 48.7 Å². The zero-order chi connectivity index (χ0) is 35.3. The third-order valence-electron chi connectivity index (χ3n) is 14.0. The monoisotopic (exact) mass is 748 g/mol. The molecule has 274 valence electrons. The van der Waals surface area contributed by atoms with Crippen molar-refractivity contribution in [3.05, 3.63) is 35.9 Å². The van der Waals surface area contributed by atoms with Crippen LogP contribution in [0.4, 0.5) is 4.79 Å². The van der Waals surface area contributed by atoms with Gasteiger partial charge in [0, 0.05) is 66.1 Å². The summed E-state index contributed by atoms with van der Waals surface area (Å²) in [5, 5.41) is 0. The first-order chi connectivity index (χ1) is 24.5. The van der Waals surface area contributed by atoms with E-state index in [9.17, 15) is 9.59 Å². The fraction of sp³-hybridized carbons (Fsp3) is 0.725. The van der Waals surface area contributed by atoms with Gasteiger partial charge in [0.2, 0.25) is 0 Å². The average molecular weight is 749 g/mol. The first-order valence-electron chi connectivity index (χ1n) is 19.7. The molecule has 8 nitrogen and oxygen atoms in total. The van der Waals surface area contributed by atoms with Gasteiger partial charge >= 0.3 is 12.1 Å². The highest BCUT2D eigenvalue weighted by Crippen LogP contribution is 2.52. The van der Waals surface area contributed by atoms with Gasteiger partial charge in [-0.25, -0.2) is 4.79 Å². The van der Waals surface area contributed by atoms with Crippen molar-refractivity contribution in [2.45, 2.75) is 158 Å². The summed E-state index contributed by atoms with van der Waals surface area (Å²) in [6.07, 6.45) is 12.6. The third-order valence-corrected chi connectivity index (χ3v) is 15.5. The van der Waals surface area contributed by atoms with Gasteiger partial charge in [-0.3, -0.25) is 4.79 Å². The summed E-state index contributed by atoms with van der Waals surface area (Å²) < 4.78 is 11.7. The Morgan fingerprint density at radius 3 is 1.45 bits per heavy atom. The molecule has 0 saturated carbocycles. The number of carbonyl (C=O) groups is 2. The number of carbonyl (C=O) groups excluding carboxylic acids is 2. The fourth-order valence-corrected chi connectivity index (χ4v) is 13.7. The van der Waals surface area contributed by atoms with E-state index in [-0.39, 0.29) is 42.0 Å². The second-order valence-corrected chi connectivity index (χ2v) is 19.0. The lowest BCUT2D eigenvalue weighted by Gasteiger charge is -2.36. The smallest absolute Gasteiger partial charge is 0.410 e. The molecule has 1 aromatic carbocycles. The van der Waals surface area contributed by atoms with Gasteiger partial charge in [-0.05, 0) is 103 Å². The minimum Gasteiger partial charge on any atom is -0.461 e. The van der Waals surface area contributed by atoms with E-state index in [2.05, 4.69) is 14.7 Å². The van der Waals surface area contributed by atoms with Gasteiger partial charge in [0.15, 0.2) is 0 Å². The first-order valence-corrected chi connectivity index (χ1v) is 20.9. The fourth-order valence-electron chi connectivity index (χ4n) is 12.0. The van der Waals surface area contributed by atoms with Crippen molar-refractivity contribution >= 4 is 63.7 Å². The van der Waals surface area contributed by atoms with Gasteiger partial charge in [-0.1, -0.05) is 67.0 Å². The van der Waals surface area contributed by atoms with E-state index in [1.165, 1.54) is 12.8 Å². The number of ether oxygens (including phenoxy) is 2. The quantitative estimate of drug-likeness (QED) is 0.223. The van der Waals surface area contributed by atoms with Crippen LogP contribution in [0, 0.1) is 23.7 Å². The van der Waals surface area contributed by atoms with Crippen LogP contribution in [-0.2, 0) is 20.9 Å². The number of hydrogen-bond donors (Lipinski definition) is 0. The molecule has 0 unspecified atom stereocenters. The zero-order valence-corrected chi connectivity index (χ0v) is 32.6. The molecule has 0 spiro atoms. The van der Waals surface area contributed by atoms with Crippen molar-refractivity contribution in [2.75, 3.05) is 0 Å². The molecule has 0 aliphatic carbocycles. The van der Waals surface area contributed by atoms with Crippen molar-refractivity contribution < 1.29 is 19.1 Å². The van der Waals surface area contributed by atoms with Gasteiger partial charge in [-0.15, -0.1) is 0 Å². The van der Waals surface area contributed by atoms with Crippen LogP contribution < -0.4 is 0 Å². The number of esters is 1. The summed E-state index contributed by atoms with van der Waals surface area (Å²) >= 11 is 19.2. The molecule has 0 N–H and O–H groups in total. The van der Waals surface area contributed by atoms with Crippen LogP contribution in [0.25, 0.3) is 0 Å². The predicted octanol–water partition coefficient (Wildman–Crippen LogP) is 7.06. The standard InChI is InChI=1S/C40H52N4O4S3/c1-40(2,3)48-39(46)44-26-12-15-33(44)29(19-26)37(51)42-24-10-13-31(42)27(17-24)35(49)41-23-9-14-32(41)28(18-23)36(50)43-25-11-16-34(43)30(20-25)38(45)47-21-22-7-5-4-6-8-22/h4-8,23-34H,9-21H2,1-3H3/t23-,24-,25-,26-,27+,28+,29+,30+,31+,32+,33+,34+/m1/s1.